The monoisotopic (exact) mass is 720 g/mol. The molecule has 0 aromatic heterocycles. The van der Waals surface area contributed by atoms with Gasteiger partial charge in [0.05, 0.1) is 0 Å². The zero-order valence-corrected chi connectivity index (χ0v) is 32.2. The summed E-state index contributed by atoms with van der Waals surface area (Å²) in [5, 5.41) is 2.99. The molecule has 5 aromatic rings. The van der Waals surface area contributed by atoms with E-state index in [4.69, 9.17) is 17.0 Å². The van der Waals surface area contributed by atoms with Gasteiger partial charge in [0.2, 0.25) is 0 Å². The first-order chi connectivity index (χ1) is 21.7. The Bertz CT molecular complexity index is 1930. The van der Waals surface area contributed by atoms with E-state index >= 15 is 0 Å². The van der Waals surface area contributed by atoms with E-state index in [9.17, 15) is 0 Å². The average molecular weight is 723 g/mol. The van der Waals surface area contributed by atoms with Gasteiger partial charge in [0.25, 0.3) is 0 Å². The molecule has 5 aromatic carbocycles. The van der Waals surface area contributed by atoms with E-state index in [1.807, 2.05) is 0 Å². The maximum atomic E-state index is 7.94. The van der Waals surface area contributed by atoms with Gasteiger partial charge >= 0.3 is 285 Å². The zero-order valence-electron chi connectivity index (χ0n) is 26.8. The summed E-state index contributed by atoms with van der Waals surface area (Å²) in [4.78, 5) is 0. The summed E-state index contributed by atoms with van der Waals surface area (Å²) in [6, 6.07) is 38.5. The van der Waals surface area contributed by atoms with Crippen LogP contribution in [-0.4, -0.2) is 9.52 Å². The van der Waals surface area contributed by atoms with E-state index in [-0.39, 0.29) is 3.63 Å². The molecule has 2 aliphatic rings. The van der Waals surface area contributed by atoms with Crippen molar-refractivity contribution in [2.75, 3.05) is 0 Å². The van der Waals surface area contributed by atoms with Crippen molar-refractivity contribution >= 4 is 46.3 Å². The Balaban J connectivity index is 1.45. The van der Waals surface area contributed by atoms with E-state index in [1.165, 1.54) is 74.9 Å². The first-order valence-corrected chi connectivity index (χ1v) is 26.7. The van der Waals surface area contributed by atoms with Gasteiger partial charge in [0.15, 0.2) is 0 Å². The molecule has 45 heavy (non-hydrogen) atoms. The number of fused-ring (bicyclic) bond motifs is 4. The van der Waals surface area contributed by atoms with Gasteiger partial charge in [-0.25, -0.2) is 0 Å². The van der Waals surface area contributed by atoms with Crippen LogP contribution in [0.1, 0.15) is 78.8 Å². The number of allylic oxidation sites excluding steroid dienone is 1. The molecule has 0 saturated carbocycles. The molecule has 0 nitrogen and oxygen atoms in total. The molecule has 1 aliphatic carbocycles. The second-order valence-electron chi connectivity index (χ2n) is 13.3. The summed E-state index contributed by atoms with van der Waals surface area (Å²) < 4.78 is 1.37. The number of halogens is 2. The van der Waals surface area contributed by atoms with Crippen molar-refractivity contribution in [1.29, 1.82) is 0 Å². The van der Waals surface area contributed by atoms with Crippen LogP contribution in [0.2, 0.25) is 0 Å². The van der Waals surface area contributed by atoms with Crippen molar-refractivity contribution in [2.45, 2.75) is 56.5 Å². The van der Waals surface area contributed by atoms with Crippen LogP contribution in [0.25, 0.3) is 39.5 Å². The predicted molar refractivity (Wildman–Crippen MR) is 198 cm³/mol. The van der Waals surface area contributed by atoms with Gasteiger partial charge in [-0.1, -0.05) is 0 Å². The standard InChI is InChI=1S/C29H31.C12H9Si.2ClH.Zr/c1-6-21-14-23-12-13-27(22-10-8-7-9-11-22)29(28(23)15-21)26-17-24(19(2)3)16-25(18-26)20(4)5;1-3-7-11-9(5-1)10-6-2-4-8-12(10)13-11;;;/h7-20H,6H2,1-5H3;1-7H,13H2;2*1H;/q;;;;+2/p-2. The van der Waals surface area contributed by atoms with Crippen LogP contribution in [0.4, 0.5) is 0 Å². The van der Waals surface area contributed by atoms with Crippen molar-refractivity contribution in [3.63, 3.8) is 0 Å². The molecule has 0 spiro atoms. The minimum atomic E-state index is -4.04. The Kier molecular flexibility index (Phi) is 8.49. The third-order valence-corrected chi connectivity index (χ3v) is 24.3. The number of benzene rings is 5. The quantitative estimate of drug-likeness (QED) is 0.144. The molecule has 0 bridgehead atoms. The predicted octanol–water partition coefficient (Wildman–Crippen LogP) is 10.0. The second-order valence-corrected chi connectivity index (χ2v) is 29.2. The Labute approximate surface area is 282 Å². The van der Waals surface area contributed by atoms with Gasteiger partial charge in [0, 0.05) is 0 Å². The van der Waals surface area contributed by atoms with Crippen LogP contribution in [0.3, 0.4) is 0 Å². The summed E-state index contributed by atoms with van der Waals surface area (Å²) in [5.74, 6) is 0.883. The normalized spacial score (nSPS) is 15.8. The van der Waals surface area contributed by atoms with E-state index < -0.39 is 27.4 Å². The summed E-state index contributed by atoms with van der Waals surface area (Å²) >= 11 is -4.04. The summed E-state index contributed by atoms with van der Waals surface area (Å²) in [6.45, 7) is 11.5. The number of hydrogen-bond acceptors (Lipinski definition) is 0. The molecule has 0 radical (unpaired) electrons. The molecule has 226 valence electrons. The Hall–Kier alpha value is -2.48. The molecule has 0 amide bonds. The van der Waals surface area contributed by atoms with Crippen LogP contribution in [0.5, 0.6) is 0 Å². The first-order valence-electron chi connectivity index (χ1n) is 16.4. The van der Waals surface area contributed by atoms with Gasteiger partial charge in [-0.3, -0.25) is 0 Å². The van der Waals surface area contributed by atoms with Crippen molar-refractivity contribution < 1.29 is 17.9 Å². The minimum absolute atomic E-state index is 0.0771. The van der Waals surface area contributed by atoms with Crippen LogP contribution in [0, 0.1) is 0 Å². The van der Waals surface area contributed by atoms with E-state index in [0.29, 0.717) is 11.8 Å². The Morgan fingerprint density at radius 2 is 1.36 bits per heavy atom. The van der Waals surface area contributed by atoms with Crippen LogP contribution >= 0.6 is 17.0 Å². The van der Waals surface area contributed by atoms with Crippen molar-refractivity contribution in [3.8, 4) is 33.4 Å². The van der Waals surface area contributed by atoms with Crippen molar-refractivity contribution in [2.24, 2.45) is 0 Å². The Morgan fingerprint density at radius 1 is 0.689 bits per heavy atom. The van der Waals surface area contributed by atoms with Crippen molar-refractivity contribution in [1.82, 2.24) is 0 Å². The van der Waals surface area contributed by atoms with E-state index in [1.54, 1.807) is 0 Å². The van der Waals surface area contributed by atoms with E-state index in [2.05, 4.69) is 144 Å². The molecular formula is C41H40Cl2SiZr. The third kappa shape index (κ3) is 5.41. The number of rotatable bonds is 7. The Morgan fingerprint density at radius 3 is 2.04 bits per heavy atom. The van der Waals surface area contributed by atoms with Gasteiger partial charge in [-0.2, -0.15) is 0 Å². The van der Waals surface area contributed by atoms with Gasteiger partial charge < -0.3 is 0 Å². The first kappa shape index (κ1) is 31.1. The molecular weight excluding hydrogens is 683 g/mol. The molecule has 0 N–H and O–H groups in total. The molecule has 0 fully saturated rings. The molecule has 1 atom stereocenters. The molecule has 0 saturated heterocycles. The van der Waals surface area contributed by atoms with Crippen LogP contribution in [-0.2, 0) is 17.9 Å². The topological polar surface area (TPSA) is 0 Å². The second kappa shape index (κ2) is 12.3. The average Bonchev–Trinajstić information content (AvgIpc) is 3.63. The summed E-state index contributed by atoms with van der Waals surface area (Å²) in [6.07, 6.45) is 3.40. The maximum absolute atomic E-state index is 7.94. The van der Waals surface area contributed by atoms with Crippen molar-refractivity contribution in [3.05, 3.63) is 131 Å². The fraction of sp³-hybridized carbons (Fsp3) is 0.220. The fourth-order valence-corrected chi connectivity index (χ4v) is 24.5. The van der Waals surface area contributed by atoms with Crippen LogP contribution < -0.4 is 13.6 Å². The molecule has 4 heteroatoms. The summed E-state index contributed by atoms with van der Waals surface area (Å²) in [7, 11) is 15.2. The SMILES string of the molecule is CCC1=Cc2c(ccc(-c3ccccc3)c2-c2cc(C(C)C)cc(C(C)C)c2)[CH]1[Zr]([Cl])([Cl])[c]1cccc2c1[SiH2]c1ccccc1-2. The fourth-order valence-electron chi connectivity index (χ4n) is 7.53. The molecule has 7 rings (SSSR count). The summed E-state index contributed by atoms with van der Waals surface area (Å²) in [5.41, 5.74) is 14.6. The molecule has 1 unspecified atom stereocenters. The van der Waals surface area contributed by atoms with E-state index in [0.717, 1.165) is 6.42 Å². The molecule has 1 aliphatic heterocycles. The van der Waals surface area contributed by atoms with Gasteiger partial charge in [-0.15, -0.1) is 0 Å². The zero-order chi connectivity index (χ0) is 31.5. The number of hydrogen-bond donors (Lipinski definition) is 0. The van der Waals surface area contributed by atoms with Crippen LogP contribution in [0.15, 0.2) is 109 Å². The third-order valence-electron chi connectivity index (χ3n) is 9.96. The molecule has 1 heterocycles. The van der Waals surface area contributed by atoms with Gasteiger partial charge in [0.1, 0.15) is 0 Å². The van der Waals surface area contributed by atoms with Gasteiger partial charge in [-0.05, 0) is 0 Å².